The number of hydrogen-bond donors (Lipinski definition) is 1. The lowest BCUT2D eigenvalue weighted by Gasteiger charge is -2.12. The van der Waals surface area contributed by atoms with Crippen LogP contribution in [0.4, 0.5) is 4.39 Å². The minimum atomic E-state index is -0.419. The first-order valence-electron chi connectivity index (χ1n) is 4.83. The molecule has 0 aliphatic heterocycles. The van der Waals surface area contributed by atoms with Crippen molar-refractivity contribution >= 4 is 23.7 Å². The molecule has 2 nitrogen and oxygen atoms in total. The summed E-state index contributed by atoms with van der Waals surface area (Å²) in [5.41, 5.74) is 7.39. The molecule has 1 aromatic carbocycles. The maximum atomic E-state index is 13.7. The summed E-state index contributed by atoms with van der Waals surface area (Å²) < 4.78 is 18.7. The van der Waals surface area contributed by atoms with Crippen LogP contribution < -0.4 is 10.5 Å². The SMILES string of the molecule is COc1ccc([C@H](N)c2ccsc2)c(F)c1.Cl. The molecule has 2 rings (SSSR count). The Morgan fingerprint density at radius 2 is 2.12 bits per heavy atom. The Kier molecular flexibility index (Phi) is 4.93. The average molecular weight is 274 g/mol. The summed E-state index contributed by atoms with van der Waals surface area (Å²) in [7, 11) is 1.51. The molecular formula is C12H13ClFNOS. The van der Waals surface area contributed by atoms with Crippen LogP contribution in [0.1, 0.15) is 17.2 Å². The summed E-state index contributed by atoms with van der Waals surface area (Å²) in [6.45, 7) is 0. The van der Waals surface area contributed by atoms with Crippen molar-refractivity contribution in [1.82, 2.24) is 0 Å². The number of ether oxygens (including phenoxy) is 1. The number of nitrogens with two attached hydrogens (primary N) is 1. The molecule has 1 heterocycles. The van der Waals surface area contributed by atoms with Crippen molar-refractivity contribution in [1.29, 1.82) is 0 Å². The quantitative estimate of drug-likeness (QED) is 0.931. The molecule has 0 bridgehead atoms. The lowest BCUT2D eigenvalue weighted by Crippen LogP contribution is -2.12. The van der Waals surface area contributed by atoms with Crippen LogP contribution in [-0.2, 0) is 0 Å². The largest absolute Gasteiger partial charge is 0.497 e. The van der Waals surface area contributed by atoms with Gasteiger partial charge in [0.2, 0.25) is 0 Å². The Morgan fingerprint density at radius 1 is 1.35 bits per heavy atom. The van der Waals surface area contributed by atoms with Crippen molar-refractivity contribution in [3.8, 4) is 5.75 Å². The molecule has 2 N–H and O–H groups in total. The third-order valence-electron chi connectivity index (χ3n) is 2.44. The Morgan fingerprint density at radius 3 is 2.65 bits per heavy atom. The third kappa shape index (κ3) is 2.97. The minimum absolute atomic E-state index is 0. The van der Waals surface area contributed by atoms with Gasteiger partial charge < -0.3 is 10.5 Å². The summed E-state index contributed by atoms with van der Waals surface area (Å²) in [5, 5.41) is 3.85. The molecule has 5 heteroatoms. The molecule has 0 saturated carbocycles. The van der Waals surface area contributed by atoms with Crippen molar-refractivity contribution in [3.63, 3.8) is 0 Å². The second-order valence-corrected chi connectivity index (χ2v) is 4.20. The summed E-state index contributed by atoms with van der Waals surface area (Å²) in [5.74, 6) is 0.164. The Balaban J connectivity index is 0.00000144. The van der Waals surface area contributed by atoms with Crippen molar-refractivity contribution in [2.45, 2.75) is 6.04 Å². The van der Waals surface area contributed by atoms with E-state index in [-0.39, 0.29) is 18.2 Å². The molecule has 92 valence electrons. The van der Waals surface area contributed by atoms with Gasteiger partial charge in [-0.3, -0.25) is 0 Å². The monoisotopic (exact) mass is 273 g/mol. The second kappa shape index (κ2) is 6.00. The molecule has 1 aromatic heterocycles. The van der Waals surface area contributed by atoms with Gasteiger partial charge in [-0.15, -0.1) is 12.4 Å². The zero-order chi connectivity index (χ0) is 11.5. The van der Waals surface area contributed by atoms with E-state index in [0.717, 1.165) is 5.56 Å². The fraction of sp³-hybridized carbons (Fsp3) is 0.167. The Labute approximate surface area is 110 Å². The molecule has 0 saturated heterocycles. The van der Waals surface area contributed by atoms with E-state index in [1.54, 1.807) is 23.5 Å². The van der Waals surface area contributed by atoms with Gasteiger partial charge in [-0.05, 0) is 28.5 Å². The third-order valence-corrected chi connectivity index (χ3v) is 3.15. The van der Waals surface area contributed by atoms with Gasteiger partial charge in [0.1, 0.15) is 11.6 Å². The standard InChI is InChI=1S/C12H12FNOS.ClH/c1-15-9-2-3-10(11(13)6-9)12(14)8-4-5-16-7-8;/h2-7,12H,14H2,1H3;1H/t12-;/m1./s1. The number of halogens is 2. The van der Waals surface area contributed by atoms with Gasteiger partial charge in [-0.2, -0.15) is 11.3 Å². The highest BCUT2D eigenvalue weighted by Crippen LogP contribution is 2.26. The van der Waals surface area contributed by atoms with Gasteiger partial charge in [0.05, 0.1) is 13.2 Å². The molecule has 0 fully saturated rings. The predicted molar refractivity (Wildman–Crippen MR) is 70.5 cm³/mol. The molecule has 0 aliphatic rings. The van der Waals surface area contributed by atoms with Gasteiger partial charge in [0, 0.05) is 11.6 Å². The normalized spacial score (nSPS) is 11.7. The van der Waals surface area contributed by atoms with Crippen molar-refractivity contribution in [2.75, 3.05) is 7.11 Å². The predicted octanol–water partition coefficient (Wildman–Crippen LogP) is 3.37. The number of hydrogen-bond acceptors (Lipinski definition) is 3. The van der Waals surface area contributed by atoms with E-state index < -0.39 is 6.04 Å². The maximum Gasteiger partial charge on any atom is 0.132 e. The van der Waals surface area contributed by atoms with Crippen LogP contribution in [0.5, 0.6) is 5.75 Å². The smallest absolute Gasteiger partial charge is 0.132 e. The number of benzene rings is 1. The Hall–Kier alpha value is -1.10. The molecule has 1 atom stereocenters. The molecule has 0 unspecified atom stereocenters. The van der Waals surface area contributed by atoms with E-state index in [9.17, 15) is 4.39 Å². The highest BCUT2D eigenvalue weighted by atomic mass is 35.5. The van der Waals surface area contributed by atoms with Crippen LogP contribution in [0.3, 0.4) is 0 Å². The van der Waals surface area contributed by atoms with Crippen LogP contribution in [-0.4, -0.2) is 7.11 Å². The fourth-order valence-corrected chi connectivity index (χ4v) is 2.22. The first kappa shape index (κ1) is 14.0. The van der Waals surface area contributed by atoms with Crippen LogP contribution in [0.15, 0.2) is 35.0 Å². The Bertz CT molecular complexity index is 475. The van der Waals surface area contributed by atoms with Crippen LogP contribution in [0.25, 0.3) is 0 Å². The van der Waals surface area contributed by atoms with E-state index in [2.05, 4.69) is 0 Å². The molecular weight excluding hydrogens is 261 g/mol. The van der Waals surface area contributed by atoms with E-state index in [1.165, 1.54) is 13.2 Å². The lowest BCUT2D eigenvalue weighted by atomic mass is 10.0. The lowest BCUT2D eigenvalue weighted by molar-refractivity contribution is 0.410. The summed E-state index contributed by atoms with van der Waals surface area (Å²) in [4.78, 5) is 0. The zero-order valence-electron chi connectivity index (χ0n) is 9.22. The summed E-state index contributed by atoms with van der Waals surface area (Å²) >= 11 is 1.55. The molecule has 0 aliphatic carbocycles. The zero-order valence-corrected chi connectivity index (χ0v) is 10.9. The van der Waals surface area contributed by atoms with E-state index in [4.69, 9.17) is 10.5 Å². The molecule has 2 aromatic rings. The molecule has 17 heavy (non-hydrogen) atoms. The number of thiophene rings is 1. The summed E-state index contributed by atoms with van der Waals surface area (Å²) in [6.07, 6.45) is 0. The van der Waals surface area contributed by atoms with E-state index in [1.807, 2.05) is 16.8 Å². The van der Waals surface area contributed by atoms with E-state index in [0.29, 0.717) is 11.3 Å². The number of methoxy groups -OCH3 is 1. The van der Waals surface area contributed by atoms with Gasteiger partial charge in [0.15, 0.2) is 0 Å². The van der Waals surface area contributed by atoms with Gasteiger partial charge in [-0.25, -0.2) is 4.39 Å². The average Bonchev–Trinajstić information content (AvgIpc) is 2.81. The fourth-order valence-electron chi connectivity index (χ4n) is 1.52. The van der Waals surface area contributed by atoms with E-state index >= 15 is 0 Å². The first-order chi connectivity index (χ1) is 7.72. The molecule has 0 radical (unpaired) electrons. The highest BCUT2D eigenvalue weighted by Gasteiger charge is 2.14. The highest BCUT2D eigenvalue weighted by molar-refractivity contribution is 7.08. The molecule has 0 spiro atoms. The number of rotatable bonds is 3. The van der Waals surface area contributed by atoms with Crippen molar-refractivity contribution < 1.29 is 9.13 Å². The van der Waals surface area contributed by atoms with Gasteiger partial charge in [-0.1, -0.05) is 6.07 Å². The summed E-state index contributed by atoms with van der Waals surface area (Å²) in [6, 6.07) is 6.21. The van der Waals surface area contributed by atoms with Gasteiger partial charge in [0.25, 0.3) is 0 Å². The van der Waals surface area contributed by atoms with Crippen LogP contribution in [0.2, 0.25) is 0 Å². The maximum absolute atomic E-state index is 13.7. The topological polar surface area (TPSA) is 35.2 Å². The van der Waals surface area contributed by atoms with Gasteiger partial charge >= 0.3 is 0 Å². The minimum Gasteiger partial charge on any atom is -0.497 e. The van der Waals surface area contributed by atoms with Crippen LogP contribution in [0, 0.1) is 5.82 Å². The first-order valence-corrected chi connectivity index (χ1v) is 5.77. The second-order valence-electron chi connectivity index (χ2n) is 3.42. The van der Waals surface area contributed by atoms with Crippen molar-refractivity contribution in [3.05, 3.63) is 52.0 Å². The van der Waals surface area contributed by atoms with Crippen molar-refractivity contribution in [2.24, 2.45) is 5.73 Å². The molecule has 0 amide bonds. The van der Waals surface area contributed by atoms with Crippen LogP contribution >= 0.6 is 23.7 Å².